The van der Waals surface area contributed by atoms with Crippen LogP contribution in [0.15, 0.2) is 91.3 Å². The van der Waals surface area contributed by atoms with Gasteiger partial charge >= 0.3 is 6.03 Å². The average molecular weight is 420 g/mol. The first kappa shape index (κ1) is 18.0. The number of imidazole rings is 1. The van der Waals surface area contributed by atoms with Crippen LogP contribution in [0.3, 0.4) is 0 Å². The van der Waals surface area contributed by atoms with Crippen molar-refractivity contribution in [2.24, 2.45) is 0 Å². The van der Waals surface area contributed by atoms with Gasteiger partial charge in [-0.15, -0.1) is 0 Å². The molecule has 0 atom stereocenters. The molecular formula is C23H15Cl2N3O. The highest BCUT2D eigenvalue weighted by Gasteiger charge is 2.54. The molecule has 0 saturated heterocycles. The number of aromatic nitrogens is 2. The highest BCUT2D eigenvalue weighted by atomic mass is 35.5. The Kier molecular flexibility index (Phi) is 4.19. The number of amides is 1. The Labute approximate surface area is 177 Å². The van der Waals surface area contributed by atoms with E-state index in [0.717, 1.165) is 16.8 Å². The van der Waals surface area contributed by atoms with Crippen molar-refractivity contribution in [3.8, 4) is 0 Å². The minimum Gasteiger partial charge on any atom is -0.272 e. The van der Waals surface area contributed by atoms with Gasteiger partial charge in [0.25, 0.3) is 0 Å². The van der Waals surface area contributed by atoms with E-state index < -0.39 is 5.54 Å². The van der Waals surface area contributed by atoms with Gasteiger partial charge in [-0.2, -0.15) is 0 Å². The van der Waals surface area contributed by atoms with Crippen LogP contribution in [-0.2, 0) is 5.54 Å². The molecule has 3 aromatic carbocycles. The third-order valence-corrected chi connectivity index (χ3v) is 5.74. The molecule has 0 saturated carbocycles. The van der Waals surface area contributed by atoms with E-state index in [2.05, 4.69) is 4.98 Å². The smallest absolute Gasteiger partial charge is 0.272 e. The molecule has 4 aromatic rings. The molecule has 1 aromatic heterocycles. The lowest BCUT2D eigenvalue weighted by Crippen LogP contribution is -2.46. The molecule has 0 N–H and O–H groups in total. The van der Waals surface area contributed by atoms with E-state index in [9.17, 15) is 4.79 Å². The molecule has 1 aliphatic heterocycles. The summed E-state index contributed by atoms with van der Waals surface area (Å²) >= 11 is 12.3. The van der Waals surface area contributed by atoms with Gasteiger partial charge in [-0.25, -0.2) is 9.78 Å². The summed E-state index contributed by atoms with van der Waals surface area (Å²) in [5.41, 5.74) is 1.57. The van der Waals surface area contributed by atoms with Gasteiger partial charge in [-0.1, -0.05) is 65.7 Å². The van der Waals surface area contributed by atoms with Crippen molar-refractivity contribution < 1.29 is 4.79 Å². The molecule has 2 heterocycles. The summed E-state index contributed by atoms with van der Waals surface area (Å²) in [6, 6.07) is 24.5. The van der Waals surface area contributed by atoms with Crippen molar-refractivity contribution in [1.29, 1.82) is 0 Å². The topological polar surface area (TPSA) is 38.1 Å². The van der Waals surface area contributed by atoms with Crippen molar-refractivity contribution in [3.05, 3.63) is 118 Å². The predicted molar refractivity (Wildman–Crippen MR) is 115 cm³/mol. The Morgan fingerprint density at radius 3 is 1.86 bits per heavy atom. The number of rotatable bonds is 3. The standard InChI is InChI=1S/C23H15Cl2N3O/c24-18-10-6-16(7-11-18)23(17-8-12-19(25)13-9-17)21-26-14-15-27(21)22(29)28(23)20-4-2-1-3-5-20/h1-15H. The van der Waals surface area contributed by atoms with E-state index >= 15 is 0 Å². The van der Waals surface area contributed by atoms with Crippen LogP contribution in [0.2, 0.25) is 10.0 Å². The molecule has 0 fully saturated rings. The number of carbonyl (C=O) groups is 1. The van der Waals surface area contributed by atoms with Gasteiger partial charge in [0, 0.05) is 28.1 Å². The highest BCUT2D eigenvalue weighted by Crippen LogP contribution is 2.48. The van der Waals surface area contributed by atoms with Crippen molar-refractivity contribution in [1.82, 2.24) is 9.55 Å². The fraction of sp³-hybridized carbons (Fsp3) is 0.0435. The highest BCUT2D eigenvalue weighted by molar-refractivity contribution is 6.30. The quantitative estimate of drug-likeness (QED) is 0.410. The lowest BCUT2D eigenvalue weighted by atomic mass is 9.81. The fourth-order valence-corrected chi connectivity index (χ4v) is 4.28. The molecule has 1 amide bonds. The number of hydrogen-bond acceptors (Lipinski definition) is 2. The minimum absolute atomic E-state index is 0.173. The number of hydrogen-bond donors (Lipinski definition) is 0. The maximum absolute atomic E-state index is 13.6. The van der Waals surface area contributed by atoms with E-state index in [1.165, 1.54) is 0 Å². The molecule has 29 heavy (non-hydrogen) atoms. The summed E-state index contributed by atoms with van der Waals surface area (Å²) in [5, 5.41) is 1.25. The zero-order valence-electron chi connectivity index (χ0n) is 15.2. The summed E-state index contributed by atoms with van der Waals surface area (Å²) in [7, 11) is 0. The van der Waals surface area contributed by atoms with Crippen molar-refractivity contribution in [3.63, 3.8) is 0 Å². The van der Waals surface area contributed by atoms with Crippen LogP contribution < -0.4 is 4.90 Å². The van der Waals surface area contributed by atoms with Crippen LogP contribution in [-0.4, -0.2) is 15.6 Å². The molecule has 0 radical (unpaired) electrons. The Hall–Kier alpha value is -3.08. The van der Waals surface area contributed by atoms with Gasteiger partial charge < -0.3 is 0 Å². The average Bonchev–Trinajstić information content (AvgIpc) is 3.32. The first-order chi connectivity index (χ1) is 14.1. The summed E-state index contributed by atoms with van der Waals surface area (Å²) in [6.45, 7) is 0. The van der Waals surface area contributed by atoms with E-state index in [-0.39, 0.29) is 6.03 Å². The Morgan fingerprint density at radius 1 is 0.759 bits per heavy atom. The van der Waals surface area contributed by atoms with Crippen LogP contribution in [0, 0.1) is 0 Å². The maximum atomic E-state index is 13.6. The Morgan fingerprint density at radius 2 is 1.31 bits per heavy atom. The molecule has 0 spiro atoms. The zero-order chi connectivity index (χ0) is 20.0. The monoisotopic (exact) mass is 419 g/mol. The van der Waals surface area contributed by atoms with Gasteiger partial charge in [0.1, 0.15) is 0 Å². The lowest BCUT2D eigenvalue weighted by Gasteiger charge is -2.38. The van der Waals surface area contributed by atoms with Crippen LogP contribution >= 0.6 is 23.2 Å². The van der Waals surface area contributed by atoms with Crippen molar-refractivity contribution >= 4 is 34.9 Å². The second-order valence-electron chi connectivity index (χ2n) is 6.80. The number of benzene rings is 3. The predicted octanol–water partition coefficient (Wildman–Crippen LogP) is 5.97. The summed E-state index contributed by atoms with van der Waals surface area (Å²) in [6.07, 6.45) is 3.34. The molecule has 0 bridgehead atoms. The number of anilines is 1. The molecule has 5 rings (SSSR count). The maximum Gasteiger partial charge on any atom is 0.335 e. The van der Waals surface area contributed by atoms with Crippen LogP contribution in [0.4, 0.5) is 10.5 Å². The SMILES string of the molecule is O=C1N(c2ccccc2)C(c2ccc(Cl)cc2)(c2ccc(Cl)cc2)c2nccn21. The number of carbonyl (C=O) groups excluding carboxylic acids is 1. The third kappa shape index (κ3) is 2.60. The molecule has 4 nitrogen and oxygen atoms in total. The lowest BCUT2D eigenvalue weighted by molar-refractivity contribution is 0.249. The molecule has 142 valence electrons. The first-order valence-corrected chi connectivity index (χ1v) is 9.83. The normalized spacial score (nSPS) is 14.8. The second-order valence-corrected chi connectivity index (χ2v) is 7.67. The number of halogens is 2. The van der Waals surface area contributed by atoms with Crippen LogP contribution in [0.1, 0.15) is 17.0 Å². The molecule has 6 heteroatoms. The second kappa shape index (κ2) is 6.76. The van der Waals surface area contributed by atoms with E-state index in [1.54, 1.807) is 21.9 Å². The fourth-order valence-electron chi connectivity index (χ4n) is 4.02. The van der Waals surface area contributed by atoms with E-state index in [0.29, 0.717) is 15.9 Å². The largest absolute Gasteiger partial charge is 0.335 e. The first-order valence-electron chi connectivity index (χ1n) is 9.08. The molecule has 0 aliphatic carbocycles. The summed E-state index contributed by atoms with van der Waals surface area (Å²) in [5.74, 6) is 0.621. The van der Waals surface area contributed by atoms with Crippen molar-refractivity contribution in [2.45, 2.75) is 5.54 Å². The Balaban J connectivity index is 1.89. The van der Waals surface area contributed by atoms with Gasteiger partial charge in [0.05, 0.1) is 0 Å². The number of para-hydroxylation sites is 1. The van der Waals surface area contributed by atoms with Gasteiger partial charge in [0.2, 0.25) is 0 Å². The van der Waals surface area contributed by atoms with Crippen LogP contribution in [0.5, 0.6) is 0 Å². The zero-order valence-corrected chi connectivity index (χ0v) is 16.7. The molecule has 0 unspecified atom stereocenters. The molecular weight excluding hydrogens is 405 g/mol. The van der Waals surface area contributed by atoms with Crippen LogP contribution in [0.25, 0.3) is 0 Å². The summed E-state index contributed by atoms with van der Waals surface area (Å²) < 4.78 is 1.59. The number of nitrogens with zero attached hydrogens (tertiary/aromatic N) is 3. The van der Waals surface area contributed by atoms with Gasteiger partial charge in [0.15, 0.2) is 11.4 Å². The van der Waals surface area contributed by atoms with E-state index in [1.807, 2.05) is 78.9 Å². The summed E-state index contributed by atoms with van der Waals surface area (Å²) in [4.78, 5) is 19.9. The minimum atomic E-state index is -0.961. The molecule has 1 aliphatic rings. The van der Waals surface area contributed by atoms with Gasteiger partial charge in [-0.05, 0) is 47.5 Å². The van der Waals surface area contributed by atoms with Gasteiger partial charge in [-0.3, -0.25) is 9.47 Å². The van der Waals surface area contributed by atoms with E-state index in [4.69, 9.17) is 23.2 Å². The van der Waals surface area contributed by atoms with Crippen molar-refractivity contribution in [2.75, 3.05) is 4.90 Å². The third-order valence-electron chi connectivity index (χ3n) is 5.24. The Bertz CT molecular complexity index is 1140. The number of fused-ring (bicyclic) bond motifs is 1.